The molecule has 0 unspecified atom stereocenters. The highest BCUT2D eigenvalue weighted by Gasteiger charge is 2.20. The number of fused-ring (bicyclic) bond motifs is 1. The zero-order valence-electron chi connectivity index (χ0n) is 12.9. The van der Waals surface area contributed by atoms with Crippen molar-refractivity contribution in [2.75, 3.05) is 13.2 Å². The summed E-state index contributed by atoms with van der Waals surface area (Å²) >= 11 is 0. The third kappa shape index (κ3) is 4.71. The van der Waals surface area contributed by atoms with Gasteiger partial charge in [0.15, 0.2) is 11.5 Å². The van der Waals surface area contributed by atoms with Crippen LogP contribution in [0.15, 0.2) is 24.3 Å². The van der Waals surface area contributed by atoms with Crippen molar-refractivity contribution in [2.24, 2.45) is 5.92 Å². The molecule has 0 aliphatic carbocycles. The largest absolute Gasteiger partial charge is 0.486 e. The second-order valence-electron chi connectivity index (χ2n) is 6.13. The van der Waals surface area contributed by atoms with Crippen molar-refractivity contribution in [3.63, 3.8) is 0 Å². The predicted octanol–water partition coefficient (Wildman–Crippen LogP) is 3.63. The van der Waals surface area contributed by atoms with Crippen molar-refractivity contribution < 1.29 is 9.47 Å². The zero-order chi connectivity index (χ0) is 14.4. The van der Waals surface area contributed by atoms with Gasteiger partial charge in [0.25, 0.3) is 0 Å². The van der Waals surface area contributed by atoms with Gasteiger partial charge >= 0.3 is 0 Å². The Morgan fingerprint density at radius 2 is 1.90 bits per heavy atom. The van der Waals surface area contributed by atoms with E-state index in [4.69, 9.17) is 9.47 Å². The maximum Gasteiger partial charge on any atom is 0.161 e. The number of nitrogens with one attached hydrogen (secondary N) is 1. The van der Waals surface area contributed by atoms with E-state index in [0.717, 1.165) is 24.0 Å². The SMILES string of the molecule is CC(C)CCC[C@@H](C)NC[C@H]1COc2ccccc2O1. The molecule has 1 aromatic carbocycles. The number of hydrogen-bond acceptors (Lipinski definition) is 3. The van der Waals surface area contributed by atoms with Crippen molar-refractivity contribution in [3.8, 4) is 11.5 Å². The van der Waals surface area contributed by atoms with Crippen molar-refractivity contribution >= 4 is 0 Å². The van der Waals surface area contributed by atoms with Crippen LogP contribution in [0.1, 0.15) is 40.0 Å². The third-order valence-electron chi connectivity index (χ3n) is 3.68. The van der Waals surface area contributed by atoms with E-state index in [1.807, 2.05) is 24.3 Å². The van der Waals surface area contributed by atoms with Crippen LogP contribution in [0.3, 0.4) is 0 Å². The summed E-state index contributed by atoms with van der Waals surface area (Å²) in [6.07, 6.45) is 3.93. The van der Waals surface area contributed by atoms with Crippen LogP contribution >= 0.6 is 0 Å². The average molecular weight is 277 g/mol. The maximum atomic E-state index is 5.94. The van der Waals surface area contributed by atoms with Gasteiger partial charge in [-0.3, -0.25) is 0 Å². The molecular formula is C17H27NO2. The lowest BCUT2D eigenvalue weighted by Gasteiger charge is -2.27. The first kappa shape index (κ1) is 15.2. The van der Waals surface area contributed by atoms with Gasteiger partial charge in [-0.15, -0.1) is 0 Å². The van der Waals surface area contributed by atoms with E-state index in [-0.39, 0.29) is 6.10 Å². The molecule has 3 heteroatoms. The summed E-state index contributed by atoms with van der Waals surface area (Å²) in [5.74, 6) is 2.51. The predicted molar refractivity (Wildman–Crippen MR) is 82.5 cm³/mol. The van der Waals surface area contributed by atoms with Crippen LogP contribution in [0.4, 0.5) is 0 Å². The summed E-state index contributed by atoms with van der Waals surface area (Å²) < 4.78 is 11.7. The minimum Gasteiger partial charge on any atom is -0.486 e. The van der Waals surface area contributed by atoms with E-state index < -0.39 is 0 Å². The topological polar surface area (TPSA) is 30.5 Å². The van der Waals surface area contributed by atoms with E-state index in [9.17, 15) is 0 Å². The summed E-state index contributed by atoms with van der Waals surface area (Å²) in [7, 11) is 0. The average Bonchev–Trinajstić information content (AvgIpc) is 2.44. The quantitative estimate of drug-likeness (QED) is 0.825. The highest BCUT2D eigenvalue weighted by molar-refractivity contribution is 5.40. The molecule has 1 aromatic rings. The molecule has 112 valence electrons. The Labute approximate surface area is 122 Å². The van der Waals surface area contributed by atoms with E-state index in [2.05, 4.69) is 26.1 Å². The molecule has 20 heavy (non-hydrogen) atoms. The van der Waals surface area contributed by atoms with Crippen molar-refractivity contribution in [2.45, 2.75) is 52.2 Å². The summed E-state index contributed by atoms with van der Waals surface area (Å²) in [6.45, 7) is 8.28. The van der Waals surface area contributed by atoms with E-state index in [1.165, 1.54) is 19.3 Å². The van der Waals surface area contributed by atoms with Crippen LogP contribution in [0.5, 0.6) is 11.5 Å². The first-order chi connectivity index (χ1) is 9.65. The van der Waals surface area contributed by atoms with Gasteiger partial charge in [0, 0.05) is 12.6 Å². The number of ether oxygens (including phenoxy) is 2. The van der Waals surface area contributed by atoms with E-state index in [1.54, 1.807) is 0 Å². The number of benzene rings is 1. The van der Waals surface area contributed by atoms with Crippen LogP contribution in [-0.2, 0) is 0 Å². The Morgan fingerprint density at radius 1 is 1.15 bits per heavy atom. The van der Waals surface area contributed by atoms with Gasteiger partial charge in [-0.25, -0.2) is 0 Å². The monoisotopic (exact) mass is 277 g/mol. The summed E-state index contributed by atoms with van der Waals surface area (Å²) in [5.41, 5.74) is 0. The molecule has 0 spiro atoms. The first-order valence-corrected chi connectivity index (χ1v) is 7.77. The van der Waals surface area contributed by atoms with Gasteiger partial charge in [0.05, 0.1) is 0 Å². The second-order valence-corrected chi connectivity index (χ2v) is 6.13. The van der Waals surface area contributed by atoms with Crippen LogP contribution in [-0.4, -0.2) is 25.3 Å². The van der Waals surface area contributed by atoms with Gasteiger partial charge < -0.3 is 14.8 Å². The Balaban J connectivity index is 1.68. The number of para-hydroxylation sites is 2. The molecule has 0 saturated carbocycles. The van der Waals surface area contributed by atoms with Crippen molar-refractivity contribution in [3.05, 3.63) is 24.3 Å². The maximum absolute atomic E-state index is 5.94. The molecule has 1 N–H and O–H groups in total. The highest BCUT2D eigenvalue weighted by Crippen LogP contribution is 2.30. The molecule has 0 radical (unpaired) electrons. The molecule has 3 nitrogen and oxygen atoms in total. The standard InChI is InChI=1S/C17H27NO2/c1-13(2)7-6-8-14(3)18-11-15-12-19-16-9-4-5-10-17(16)20-15/h4-5,9-10,13-15,18H,6-8,11-12H2,1-3H3/t14-,15+/m1/s1. The van der Waals surface area contributed by atoms with E-state index >= 15 is 0 Å². The van der Waals surface area contributed by atoms with Crippen LogP contribution in [0.25, 0.3) is 0 Å². The Hall–Kier alpha value is -1.22. The smallest absolute Gasteiger partial charge is 0.161 e. The van der Waals surface area contributed by atoms with Gasteiger partial charge in [0.2, 0.25) is 0 Å². The summed E-state index contributed by atoms with van der Waals surface area (Å²) in [4.78, 5) is 0. The highest BCUT2D eigenvalue weighted by atomic mass is 16.6. The van der Waals surface area contributed by atoms with Gasteiger partial charge in [0.1, 0.15) is 12.7 Å². The second kappa shape index (κ2) is 7.53. The van der Waals surface area contributed by atoms with Crippen LogP contribution in [0, 0.1) is 5.92 Å². The number of rotatable bonds is 7. The normalized spacial score (nSPS) is 19.1. The minimum atomic E-state index is 0.109. The minimum absolute atomic E-state index is 0.109. The molecule has 1 aliphatic rings. The van der Waals surface area contributed by atoms with E-state index in [0.29, 0.717) is 12.6 Å². The summed E-state index contributed by atoms with van der Waals surface area (Å²) in [6, 6.07) is 8.40. The van der Waals surface area contributed by atoms with Crippen molar-refractivity contribution in [1.82, 2.24) is 5.32 Å². The molecule has 2 rings (SSSR count). The molecule has 1 heterocycles. The van der Waals surface area contributed by atoms with Crippen LogP contribution < -0.4 is 14.8 Å². The molecule has 0 aromatic heterocycles. The molecule has 0 bridgehead atoms. The lowest BCUT2D eigenvalue weighted by Crippen LogP contribution is -2.41. The molecule has 0 saturated heterocycles. The molecule has 0 amide bonds. The molecular weight excluding hydrogens is 250 g/mol. The fourth-order valence-corrected chi connectivity index (χ4v) is 2.43. The van der Waals surface area contributed by atoms with Gasteiger partial charge in [-0.2, -0.15) is 0 Å². The fraction of sp³-hybridized carbons (Fsp3) is 0.647. The first-order valence-electron chi connectivity index (χ1n) is 7.77. The lowest BCUT2D eigenvalue weighted by atomic mass is 10.0. The fourth-order valence-electron chi connectivity index (χ4n) is 2.43. The van der Waals surface area contributed by atoms with Gasteiger partial charge in [-0.05, 0) is 31.4 Å². The molecule has 1 aliphatic heterocycles. The molecule has 2 atom stereocenters. The van der Waals surface area contributed by atoms with Crippen LogP contribution in [0.2, 0.25) is 0 Å². The Bertz CT molecular complexity index is 406. The van der Waals surface area contributed by atoms with Gasteiger partial charge in [-0.1, -0.05) is 38.8 Å². The van der Waals surface area contributed by atoms with Crippen molar-refractivity contribution in [1.29, 1.82) is 0 Å². The molecule has 0 fully saturated rings. The third-order valence-corrected chi connectivity index (χ3v) is 3.68. The zero-order valence-corrected chi connectivity index (χ0v) is 12.9. The Kier molecular flexibility index (Phi) is 5.72. The lowest BCUT2D eigenvalue weighted by molar-refractivity contribution is 0.0882. The summed E-state index contributed by atoms with van der Waals surface area (Å²) in [5, 5.41) is 3.55. The Morgan fingerprint density at radius 3 is 2.65 bits per heavy atom. The number of hydrogen-bond donors (Lipinski definition) is 1.